The third-order valence-corrected chi connectivity index (χ3v) is 3.12. The van der Waals surface area contributed by atoms with E-state index in [4.69, 9.17) is 5.73 Å². The molecule has 0 bridgehead atoms. The summed E-state index contributed by atoms with van der Waals surface area (Å²) in [7, 11) is 0. The van der Waals surface area contributed by atoms with Gasteiger partial charge in [0.2, 0.25) is 0 Å². The van der Waals surface area contributed by atoms with Crippen LogP contribution in [-0.2, 0) is 0 Å². The van der Waals surface area contributed by atoms with Crippen molar-refractivity contribution < 1.29 is 0 Å². The highest BCUT2D eigenvalue weighted by Crippen LogP contribution is 2.22. The van der Waals surface area contributed by atoms with Gasteiger partial charge >= 0.3 is 0 Å². The molecule has 0 amide bonds. The zero-order valence-corrected chi connectivity index (χ0v) is 9.02. The topological polar surface area (TPSA) is 50.9 Å². The Bertz CT molecular complexity index is 280. The Labute approximate surface area is 91.1 Å². The molecule has 1 aromatic rings. The molecule has 2 unspecified atom stereocenters. The van der Waals surface area contributed by atoms with Crippen molar-refractivity contribution in [3.8, 4) is 0 Å². The van der Waals surface area contributed by atoms with Crippen LogP contribution in [0.25, 0.3) is 0 Å². The van der Waals surface area contributed by atoms with Gasteiger partial charge in [-0.15, -0.1) is 0 Å². The predicted molar refractivity (Wildman–Crippen MR) is 61.4 cm³/mol. The summed E-state index contributed by atoms with van der Waals surface area (Å²) >= 11 is 0. The first-order valence-electron chi connectivity index (χ1n) is 5.72. The maximum atomic E-state index is 6.17. The fourth-order valence-electron chi connectivity index (χ4n) is 2.23. The average Bonchev–Trinajstić information content (AvgIpc) is 2.31. The van der Waals surface area contributed by atoms with Crippen molar-refractivity contribution in [1.82, 2.24) is 10.3 Å². The molecule has 1 fully saturated rings. The van der Waals surface area contributed by atoms with Crippen LogP contribution >= 0.6 is 0 Å². The zero-order valence-electron chi connectivity index (χ0n) is 9.02. The number of nitrogens with one attached hydrogen (secondary N) is 1. The van der Waals surface area contributed by atoms with Gasteiger partial charge in [-0.3, -0.25) is 4.98 Å². The van der Waals surface area contributed by atoms with Gasteiger partial charge in [-0.05, 0) is 56.0 Å². The minimum atomic E-state index is 0.165. The molecule has 2 atom stereocenters. The summed E-state index contributed by atoms with van der Waals surface area (Å²) in [5.41, 5.74) is 7.37. The molecule has 3 nitrogen and oxygen atoms in total. The first kappa shape index (κ1) is 10.6. The molecule has 0 aliphatic carbocycles. The Kier molecular flexibility index (Phi) is 3.69. The third-order valence-electron chi connectivity index (χ3n) is 3.12. The number of hydrogen-bond acceptors (Lipinski definition) is 3. The fourth-order valence-corrected chi connectivity index (χ4v) is 2.23. The van der Waals surface area contributed by atoms with E-state index in [9.17, 15) is 0 Å². The van der Waals surface area contributed by atoms with E-state index in [0.29, 0.717) is 0 Å². The van der Waals surface area contributed by atoms with Crippen LogP contribution < -0.4 is 11.1 Å². The second-order valence-corrected chi connectivity index (χ2v) is 4.34. The number of nitrogens with two attached hydrogens (primary N) is 1. The van der Waals surface area contributed by atoms with Crippen molar-refractivity contribution in [3.05, 3.63) is 30.1 Å². The minimum Gasteiger partial charge on any atom is -0.324 e. The maximum absolute atomic E-state index is 6.17. The molecule has 3 N–H and O–H groups in total. The quantitative estimate of drug-likeness (QED) is 0.785. The molecule has 2 heterocycles. The maximum Gasteiger partial charge on any atom is 0.0299 e. The van der Waals surface area contributed by atoms with E-state index >= 15 is 0 Å². The molecular weight excluding hydrogens is 186 g/mol. The van der Waals surface area contributed by atoms with Gasteiger partial charge in [0.1, 0.15) is 0 Å². The summed E-state index contributed by atoms with van der Waals surface area (Å²) in [6.07, 6.45) is 7.30. The van der Waals surface area contributed by atoms with E-state index in [-0.39, 0.29) is 6.04 Å². The molecule has 1 aliphatic heterocycles. The summed E-state index contributed by atoms with van der Waals surface area (Å²) in [6, 6.07) is 4.19. The molecule has 0 spiro atoms. The van der Waals surface area contributed by atoms with Gasteiger partial charge in [-0.25, -0.2) is 0 Å². The molecule has 0 radical (unpaired) electrons. The SMILES string of the molecule is NC(CC1CCCNC1)c1ccncc1. The van der Waals surface area contributed by atoms with E-state index in [1.165, 1.54) is 24.9 Å². The number of rotatable bonds is 3. The molecule has 2 rings (SSSR count). The lowest BCUT2D eigenvalue weighted by Gasteiger charge is -2.25. The van der Waals surface area contributed by atoms with Crippen LogP contribution in [0.1, 0.15) is 30.9 Å². The Morgan fingerprint density at radius 2 is 2.27 bits per heavy atom. The molecule has 0 saturated carbocycles. The van der Waals surface area contributed by atoms with Crippen LogP contribution in [0.2, 0.25) is 0 Å². The Morgan fingerprint density at radius 1 is 1.47 bits per heavy atom. The van der Waals surface area contributed by atoms with Crippen molar-refractivity contribution in [3.63, 3.8) is 0 Å². The van der Waals surface area contributed by atoms with Crippen LogP contribution in [0.4, 0.5) is 0 Å². The van der Waals surface area contributed by atoms with Gasteiger partial charge in [-0.2, -0.15) is 0 Å². The molecule has 1 saturated heterocycles. The molecule has 1 aliphatic rings. The number of nitrogens with zero attached hydrogens (tertiary/aromatic N) is 1. The van der Waals surface area contributed by atoms with Crippen LogP contribution in [-0.4, -0.2) is 18.1 Å². The molecule has 82 valence electrons. The summed E-state index contributed by atoms with van der Waals surface area (Å²) in [5, 5.41) is 3.42. The van der Waals surface area contributed by atoms with E-state index in [2.05, 4.69) is 10.3 Å². The lowest BCUT2D eigenvalue weighted by atomic mass is 9.90. The standard InChI is InChI=1S/C12H19N3/c13-12(11-3-6-14-7-4-11)8-10-2-1-5-15-9-10/h3-4,6-7,10,12,15H,1-2,5,8-9,13H2. The molecular formula is C12H19N3. The van der Waals surface area contributed by atoms with Crippen LogP contribution in [0.5, 0.6) is 0 Å². The van der Waals surface area contributed by atoms with Crippen LogP contribution in [0.15, 0.2) is 24.5 Å². The average molecular weight is 205 g/mol. The monoisotopic (exact) mass is 205 g/mol. The van der Waals surface area contributed by atoms with Gasteiger partial charge in [0.15, 0.2) is 0 Å². The third kappa shape index (κ3) is 3.01. The summed E-state index contributed by atoms with van der Waals surface area (Å²) in [6.45, 7) is 2.29. The second kappa shape index (κ2) is 5.24. The Morgan fingerprint density at radius 3 is 2.93 bits per heavy atom. The van der Waals surface area contributed by atoms with Gasteiger partial charge < -0.3 is 11.1 Å². The Balaban J connectivity index is 1.88. The lowest BCUT2D eigenvalue weighted by molar-refractivity contribution is 0.337. The minimum absolute atomic E-state index is 0.165. The van der Waals surface area contributed by atoms with E-state index in [1.54, 1.807) is 0 Å². The number of aromatic nitrogens is 1. The Hall–Kier alpha value is -0.930. The smallest absolute Gasteiger partial charge is 0.0299 e. The van der Waals surface area contributed by atoms with Crippen molar-refractivity contribution in [2.45, 2.75) is 25.3 Å². The first-order valence-corrected chi connectivity index (χ1v) is 5.72. The predicted octanol–water partition coefficient (Wildman–Crippen LogP) is 1.47. The van der Waals surface area contributed by atoms with Crippen molar-refractivity contribution >= 4 is 0 Å². The van der Waals surface area contributed by atoms with Crippen molar-refractivity contribution in [2.24, 2.45) is 11.7 Å². The van der Waals surface area contributed by atoms with Gasteiger partial charge in [0.05, 0.1) is 0 Å². The summed E-state index contributed by atoms with van der Waals surface area (Å²) in [4.78, 5) is 4.01. The van der Waals surface area contributed by atoms with Crippen LogP contribution in [0, 0.1) is 5.92 Å². The number of hydrogen-bond donors (Lipinski definition) is 2. The van der Waals surface area contributed by atoms with E-state index in [1.807, 2.05) is 24.5 Å². The van der Waals surface area contributed by atoms with Crippen molar-refractivity contribution in [2.75, 3.05) is 13.1 Å². The summed E-state index contributed by atoms with van der Waals surface area (Å²) < 4.78 is 0. The zero-order chi connectivity index (χ0) is 10.5. The fraction of sp³-hybridized carbons (Fsp3) is 0.583. The highest BCUT2D eigenvalue weighted by Gasteiger charge is 2.17. The molecule has 1 aromatic heterocycles. The molecule has 3 heteroatoms. The molecule has 0 aromatic carbocycles. The second-order valence-electron chi connectivity index (χ2n) is 4.34. The highest BCUT2D eigenvalue weighted by molar-refractivity contribution is 5.14. The largest absolute Gasteiger partial charge is 0.324 e. The van der Waals surface area contributed by atoms with Crippen molar-refractivity contribution in [1.29, 1.82) is 0 Å². The van der Waals surface area contributed by atoms with Gasteiger partial charge in [0, 0.05) is 18.4 Å². The first-order chi connectivity index (χ1) is 7.36. The van der Waals surface area contributed by atoms with E-state index < -0.39 is 0 Å². The van der Waals surface area contributed by atoms with Gasteiger partial charge in [-0.1, -0.05) is 0 Å². The number of pyridine rings is 1. The normalized spacial score (nSPS) is 23.7. The number of piperidine rings is 1. The lowest BCUT2D eigenvalue weighted by Crippen LogP contribution is -2.31. The highest BCUT2D eigenvalue weighted by atomic mass is 14.9. The summed E-state index contributed by atoms with van der Waals surface area (Å²) in [5.74, 6) is 0.738. The molecule has 15 heavy (non-hydrogen) atoms. The van der Waals surface area contributed by atoms with Crippen LogP contribution in [0.3, 0.4) is 0 Å². The van der Waals surface area contributed by atoms with Gasteiger partial charge in [0.25, 0.3) is 0 Å². The van der Waals surface area contributed by atoms with E-state index in [0.717, 1.165) is 18.9 Å².